The number of Topliss-reactive ketones (excluding diaryl/α,β-unsaturated/α-hetero) is 2. The van der Waals surface area contributed by atoms with E-state index >= 15 is 0 Å². The molecule has 0 aliphatic heterocycles. The van der Waals surface area contributed by atoms with Gasteiger partial charge in [0.05, 0.1) is 0 Å². The smallest absolute Gasteiger partial charge is 0.550 e. The Hall–Kier alpha value is -0.921. The Bertz CT molecular complexity index is 337. The summed E-state index contributed by atoms with van der Waals surface area (Å²) >= 11 is 0. The first-order valence-electron chi connectivity index (χ1n) is 7.68. The summed E-state index contributed by atoms with van der Waals surface area (Å²) < 4.78 is 0. The second-order valence-electron chi connectivity index (χ2n) is 5.06. The molecule has 0 saturated carbocycles. The number of carbonyl (C=O) groups excluding carboxylic acids is 4. The van der Waals surface area contributed by atoms with Crippen LogP contribution in [0.15, 0.2) is 0 Å². The first-order valence-corrected chi connectivity index (χ1v) is 7.68. The Morgan fingerprint density at radius 1 is 0.652 bits per heavy atom. The van der Waals surface area contributed by atoms with Crippen molar-refractivity contribution in [2.24, 2.45) is 11.8 Å². The molecule has 0 unspecified atom stereocenters. The molecule has 0 bridgehead atoms. The van der Waals surface area contributed by atoms with Crippen LogP contribution in [0, 0.1) is 11.8 Å². The molecule has 0 aliphatic rings. The molecule has 6 nitrogen and oxygen atoms in total. The summed E-state index contributed by atoms with van der Waals surface area (Å²) in [7, 11) is 0. The van der Waals surface area contributed by atoms with Gasteiger partial charge >= 0.3 is 23.9 Å². The second-order valence-corrected chi connectivity index (χ2v) is 5.06. The zero-order chi connectivity index (χ0) is 17.7. The van der Waals surface area contributed by atoms with Gasteiger partial charge in [-0.2, -0.15) is 0 Å². The van der Waals surface area contributed by atoms with Gasteiger partial charge in [0.1, 0.15) is 11.6 Å². The van der Waals surface area contributed by atoms with Crippen molar-refractivity contribution in [3.63, 3.8) is 0 Å². The van der Waals surface area contributed by atoms with Gasteiger partial charge in [-0.1, -0.05) is 27.7 Å². The molecule has 0 saturated heterocycles. The van der Waals surface area contributed by atoms with Gasteiger partial charge in [0.15, 0.2) is 0 Å². The van der Waals surface area contributed by atoms with E-state index in [1.165, 1.54) is 0 Å². The van der Waals surface area contributed by atoms with Gasteiger partial charge in [-0.15, -0.1) is 0 Å². The van der Waals surface area contributed by atoms with Gasteiger partial charge in [-0.05, 0) is 25.7 Å². The normalized spacial score (nSPS) is 9.65. The Kier molecular flexibility index (Phi) is 18.7. The first-order chi connectivity index (χ1) is 10.2. The van der Waals surface area contributed by atoms with Crippen molar-refractivity contribution >= 4 is 47.4 Å². The van der Waals surface area contributed by atoms with Crippen molar-refractivity contribution in [3.8, 4) is 0 Å². The maximum atomic E-state index is 11.0. The summed E-state index contributed by atoms with van der Waals surface area (Å²) in [6.45, 7) is 7.51. The number of carboxylic acids is 2. The number of aliphatic carboxylic acids is 2. The number of ketones is 2. The predicted molar refractivity (Wildman–Crippen MR) is 83.2 cm³/mol. The van der Waals surface area contributed by atoms with E-state index in [2.05, 4.69) is 0 Å². The van der Waals surface area contributed by atoms with Crippen molar-refractivity contribution in [3.05, 3.63) is 0 Å². The Morgan fingerprint density at radius 2 is 0.870 bits per heavy atom. The fraction of sp³-hybridized carbons (Fsp3) is 0.750. The van der Waals surface area contributed by atoms with E-state index in [-0.39, 0.29) is 47.3 Å². The van der Waals surface area contributed by atoms with Gasteiger partial charge in [0, 0.05) is 36.6 Å². The van der Waals surface area contributed by atoms with Gasteiger partial charge in [-0.25, -0.2) is 0 Å². The van der Waals surface area contributed by atoms with Gasteiger partial charge in [0.25, 0.3) is 0 Å². The molecule has 0 atom stereocenters. The van der Waals surface area contributed by atoms with Crippen LogP contribution in [0.4, 0.5) is 0 Å². The minimum atomic E-state index is -1.28. The van der Waals surface area contributed by atoms with Gasteiger partial charge in [0.2, 0.25) is 0 Å². The molecule has 0 heterocycles. The Balaban J connectivity index is -0.000000333. The molecular weight excluding hydrogens is 407 g/mol. The van der Waals surface area contributed by atoms with Crippen LogP contribution in [0.1, 0.15) is 66.2 Å². The summed E-state index contributed by atoms with van der Waals surface area (Å²) in [6.07, 6.45) is 1.97. The van der Waals surface area contributed by atoms with Gasteiger partial charge in [-0.3, -0.25) is 9.59 Å². The summed E-state index contributed by atoms with van der Waals surface area (Å²) in [6, 6.07) is 0. The predicted octanol–water partition coefficient (Wildman–Crippen LogP) is -0.117. The van der Waals surface area contributed by atoms with Crippen molar-refractivity contribution in [1.82, 2.24) is 0 Å². The number of hydrogen-bond donors (Lipinski definition) is 0. The van der Waals surface area contributed by atoms with E-state index in [0.717, 1.165) is 0 Å². The van der Waals surface area contributed by atoms with Crippen LogP contribution < -0.4 is 10.2 Å². The Morgan fingerprint density at radius 3 is 1.00 bits per heavy atom. The van der Waals surface area contributed by atoms with Crippen LogP contribution >= 0.6 is 0 Å². The molecule has 0 aromatic rings. The van der Waals surface area contributed by atoms with E-state index in [4.69, 9.17) is 0 Å². The summed E-state index contributed by atoms with van der Waals surface area (Å²) in [5, 5.41) is 20.0. The average Bonchev–Trinajstić information content (AvgIpc) is 2.40. The summed E-state index contributed by atoms with van der Waals surface area (Å²) in [4.78, 5) is 42.0. The largest absolute Gasteiger partial charge is 2.00 e. The van der Waals surface area contributed by atoms with Gasteiger partial charge < -0.3 is 19.8 Å². The van der Waals surface area contributed by atoms with E-state index in [9.17, 15) is 29.4 Å². The topological polar surface area (TPSA) is 114 Å². The van der Waals surface area contributed by atoms with E-state index in [0.29, 0.717) is 25.7 Å². The third kappa shape index (κ3) is 14.4. The fourth-order valence-electron chi connectivity index (χ4n) is 2.06. The number of carboxylic acid groups (broad SMARTS) is 2. The van der Waals surface area contributed by atoms with Crippen LogP contribution in [0.3, 0.4) is 0 Å². The van der Waals surface area contributed by atoms with E-state index in [1.54, 1.807) is 0 Å². The van der Waals surface area contributed by atoms with Crippen LogP contribution in [0.25, 0.3) is 0 Å². The molecule has 0 N–H and O–H groups in total. The second kappa shape index (κ2) is 16.0. The molecule has 0 fully saturated rings. The Labute approximate surface area is 155 Å². The summed E-state index contributed by atoms with van der Waals surface area (Å²) in [5.74, 6) is -3.19. The van der Waals surface area contributed by atoms with Crippen LogP contribution in [0.5, 0.6) is 0 Å². The average molecular weight is 433 g/mol. The molecule has 0 spiro atoms. The minimum absolute atomic E-state index is 0. The molecule has 0 rings (SSSR count). The number of hydrogen-bond acceptors (Lipinski definition) is 6. The molecular formula is C16H26O6Sn. The SMILES string of the molecule is CCC(CC)C(=O)CC(=O)[O-].CCC(CC)C(=O)CC(=O)[O-].[Sn+2]. The maximum Gasteiger partial charge on any atom is 2.00 e. The van der Waals surface area contributed by atoms with Crippen LogP contribution in [-0.4, -0.2) is 47.4 Å². The quantitative estimate of drug-likeness (QED) is 0.351. The van der Waals surface area contributed by atoms with Crippen LogP contribution in [0.2, 0.25) is 0 Å². The zero-order valence-corrected chi connectivity index (χ0v) is 17.2. The third-order valence-corrected chi connectivity index (χ3v) is 3.52. The van der Waals surface area contributed by atoms with Crippen molar-refractivity contribution in [1.29, 1.82) is 0 Å². The van der Waals surface area contributed by atoms with Crippen molar-refractivity contribution < 1.29 is 29.4 Å². The monoisotopic (exact) mass is 434 g/mol. The minimum Gasteiger partial charge on any atom is -0.550 e. The molecule has 0 aromatic carbocycles. The molecule has 0 aliphatic carbocycles. The molecule has 0 amide bonds. The van der Waals surface area contributed by atoms with Crippen molar-refractivity contribution in [2.45, 2.75) is 66.2 Å². The first kappa shape index (κ1) is 27.0. The standard InChI is InChI=1S/2C8H14O3.Sn/c2*1-3-6(4-2)7(9)5-8(10)11;/h2*6H,3-5H2,1-2H3,(H,10,11);/q;;+2/p-2. The van der Waals surface area contributed by atoms with Crippen molar-refractivity contribution in [2.75, 3.05) is 0 Å². The maximum absolute atomic E-state index is 11.0. The van der Waals surface area contributed by atoms with E-state index in [1.807, 2.05) is 27.7 Å². The fourth-order valence-corrected chi connectivity index (χ4v) is 2.06. The molecule has 2 radical (unpaired) electrons. The zero-order valence-electron chi connectivity index (χ0n) is 14.3. The molecule has 23 heavy (non-hydrogen) atoms. The molecule has 7 heteroatoms. The van der Waals surface area contributed by atoms with Crippen LogP contribution in [-0.2, 0) is 19.2 Å². The number of rotatable bonds is 10. The molecule has 130 valence electrons. The summed E-state index contributed by atoms with van der Waals surface area (Å²) in [5.41, 5.74) is 0. The third-order valence-electron chi connectivity index (χ3n) is 3.52. The number of carbonyl (C=O) groups is 4. The van der Waals surface area contributed by atoms with E-state index < -0.39 is 24.8 Å². The molecule has 0 aromatic heterocycles.